The molecule has 26 heteroatoms. The first-order valence-electron chi connectivity index (χ1n) is 26.0. The zero-order valence-electron chi connectivity index (χ0n) is 44.7. The van der Waals surface area contributed by atoms with Crippen molar-refractivity contribution in [1.29, 1.82) is 0 Å². The van der Waals surface area contributed by atoms with Gasteiger partial charge < -0.3 is 85.2 Å². The molecule has 0 saturated heterocycles. The second-order valence-corrected chi connectivity index (χ2v) is 17.6. The number of phenolic OH excluding ortho intramolecular Hbond substituents is 1. The minimum Gasteiger partial charge on any atom is -0.506 e. The van der Waals surface area contributed by atoms with Crippen LogP contribution in [0.2, 0.25) is 0 Å². The Balaban J connectivity index is 1.58. The van der Waals surface area contributed by atoms with Gasteiger partial charge in [0.25, 0.3) is 11.8 Å². The summed E-state index contributed by atoms with van der Waals surface area (Å²) in [6.07, 6.45) is 4.15. The van der Waals surface area contributed by atoms with E-state index in [1.54, 1.807) is 26.2 Å². The van der Waals surface area contributed by atoms with Gasteiger partial charge in [0.2, 0.25) is 29.5 Å². The highest BCUT2D eigenvalue weighted by Gasteiger charge is 2.25. The average molecular weight is 1100 g/mol. The number of rotatable bonds is 49. The Morgan fingerprint density at radius 3 is 1.68 bits per heavy atom. The Morgan fingerprint density at radius 1 is 0.623 bits per heavy atom. The number of amides is 7. The molecule has 77 heavy (non-hydrogen) atoms. The number of ether oxygens (including phenoxy) is 9. The van der Waals surface area contributed by atoms with Crippen LogP contribution in [0.15, 0.2) is 30.4 Å². The van der Waals surface area contributed by atoms with Gasteiger partial charge in [-0.05, 0) is 62.6 Å². The molecule has 1 aliphatic rings. The normalized spacial score (nSPS) is 13.3. The number of aromatic hydroxyl groups is 1. The maximum atomic E-state index is 13.2. The summed E-state index contributed by atoms with van der Waals surface area (Å²) < 4.78 is 48.3. The molecule has 1 aromatic carbocycles. The number of hydrogen-bond acceptors (Lipinski definition) is 19. The van der Waals surface area contributed by atoms with Crippen LogP contribution in [0.5, 0.6) is 5.75 Å². The molecule has 2 rings (SSSR count). The standard InChI is InChI=1S/C51H83N7O19/c1-38(51(67)68)33-40(52)34-39-10-11-43(59)42(35-39)57-44(60)8-5-15-53-46(62)36-55-50(66)41(56-45(61)9-6-16-58-48(64)12-13-49(58)65)7-3-4-14-54-47(63)37-77-32-31-76-30-29-75-28-27-74-26-25-73-24-23-72-22-21-71-20-19-70-18-17-69-2/h10-13,35,38,40-41,59H,3-9,14-34,36-37,52H2,1-2H3,(H,53,62)(H,54,63)(H,55,66)(H,56,61)(H,57,60)(H,67,68)/t38-,40+,41-/m0/s1. The van der Waals surface area contributed by atoms with Crippen molar-refractivity contribution in [2.75, 3.05) is 151 Å². The lowest BCUT2D eigenvalue weighted by molar-refractivity contribution is -0.141. The van der Waals surface area contributed by atoms with E-state index in [-0.39, 0.29) is 95.3 Å². The minimum absolute atomic E-state index is 0.0165. The van der Waals surface area contributed by atoms with Gasteiger partial charge in [0.05, 0.1) is 124 Å². The fraction of sp³-hybridized carbons (Fsp3) is 0.686. The van der Waals surface area contributed by atoms with E-state index >= 15 is 0 Å². The Labute approximate surface area is 450 Å². The quantitative estimate of drug-likeness (QED) is 0.0233. The first kappa shape index (κ1) is 67.4. The van der Waals surface area contributed by atoms with Crippen LogP contribution in [0.1, 0.15) is 63.9 Å². The van der Waals surface area contributed by atoms with E-state index < -0.39 is 66.0 Å². The van der Waals surface area contributed by atoms with Gasteiger partial charge in [-0.1, -0.05) is 13.0 Å². The zero-order chi connectivity index (χ0) is 56.3. The van der Waals surface area contributed by atoms with Gasteiger partial charge in [0, 0.05) is 57.8 Å². The number of nitrogens with one attached hydrogen (secondary N) is 5. The number of benzene rings is 1. The van der Waals surface area contributed by atoms with E-state index in [0.29, 0.717) is 117 Å². The van der Waals surface area contributed by atoms with Gasteiger partial charge in [-0.15, -0.1) is 0 Å². The molecular formula is C51H83N7O19. The van der Waals surface area contributed by atoms with Crippen LogP contribution in [0.4, 0.5) is 5.69 Å². The third kappa shape index (κ3) is 34.7. The molecule has 0 bridgehead atoms. The van der Waals surface area contributed by atoms with Crippen molar-refractivity contribution >= 4 is 53.0 Å². The highest BCUT2D eigenvalue weighted by atomic mass is 16.6. The number of hydrogen-bond donors (Lipinski definition) is 8. The van der Waals surface area contributed by atoms with E-state index in [1.807, 2.05) is 0 Å². The molecule has 7 amide bonds. The van der Waals surface area contributed by atoms with Crippen molar-refractivity contribution in [2.24, 2.45) is 11.7 Å². The molecule has 26 nitrogen and oxygen atoms in total. The van der Waals surface area contributed by atoms with Crippen LogP contribution in [0.3, 0.4) is 0 Å². The topological polar surface area (TPSA) is 350 Å². The fourth-order valence-electron chi connectivity index (χ4n) is 6.98. The summed E-state index contributed by atoms with van der Waals surface area (Å²) in [4.78, 5) is 99.6. The number of carboxylic acid groups (broad SMARTS) is 1. The van der Waals surface area contributed by atoms with Gasteiger partial charge in [-0.3, -0.25) is 43.3 Å². The number of carbonyl (C=O) groups is 8. The zero-order valence-corrected chi connectivity index (χ0v) is 44.7. The molecule has 1 aromatic rings. The molecule has 0 aliphatic carbocycles. The largest absolute Gasteiger partial charge is 0.506 e. The van der Waals surface area contributed by atoms with Crippen LogP contribution < -0.4 is 32.3 Å². The number of phenols is 1. The number of imide groups is 1. The molecule has 0 radical (unpaired) electrons. The minimum atomic E-state index is -1.05. The predicted molar refractivity (Wildman–Crippen MR) is 277 cm³/mol. The SMILES string of the molecule is COCCOCCOCCOCCOCCOCCOCCOCCOCC(=O)NCCCC[C@H](NC(=O)CCCN1C(=O)C=CC1=O)C(=O)NCC(=O)NCCCC(=O)Nc1cc(C[C@H](N)C[C@H](C)C(=O)O)ccc1O. The molecule has 0 spiro atoms. The third-order valence-electron chi connectivity index (χ3n) is 11.1. The van der Waals surface area contributed by atoms with Crippen molar-refractivity contribution in [3.8, 4) is 5.75 Å². The number of aliphatic carboxylic acids is 1. The van der Waals surface area contributed by atoms with Gasteiger partial charge in [-0.2, -0.15) is 0 Å². The van der Waals surface area contributed by atoms with E-state index in [0.717, 1.165) is 17.1 Å². The molecule has 1 aliphatic heterocycles. The number of methoxy groups -OCH3 is 1. The molecule has 436 valence electrons. The number of unbranched alkanes of at least 4 members (excludes halogenated alkanes) is 1. The van der Waals surface area contributed by atoms with Crippen molar-refractivity contribution in [2.45, 2.75) is 76.8 Å². The Morgan fingerprint density at radius 2 is 1.13 bits per heavy atom. The van der Waals surface area contributed by atoms with Crippen LogP contribution in [0, 0.1) is 5.92 Å². The first-order valence-corrected chi connectivity index (χ1v) is 26.0. The van der Waals surface area contributed by atoms with Crippen molar-refractivity contribution in [1.82, 2.24) is 26.2 Å². The maximum Gasteiger partial charge on any atom is 0.306 e. The molecule has 0 unspecified atom stereocenters. The second-order valence-electron chi connectivity index (χ2n) is 17.6. The Bertz CT molecular complexity index is 1910. The number of carboxylic acids is 1. The van der Waals surface area contributed by atoms with Crippen molar-refractivity contribution in [3.63, 3.8) is 0 Å². The fourth-order valence-corrected chi connectivity index (χ4v) is 6.98. The molecule has 0 fully saturated rings. The molecular weight excluding hydrogens is 1010 g/mol. The lowest BCUT2D eigenvalue weighted by atomic mass is 9.96. The highest BCUT2D eigenvalue weighted by Crippen LogP contribution is 2.25. The lowest BCUT2D eigenvalue weighted by Gasteiger charge is -2.19. The number of nitrogens with zero attached hydrogens (tertiary/aromatic N) is 1. The van der Waals surface area contributed by atoms with Crippen molar-refractivity contribution in [3.05, 3.63) is 35.9 Å². The number of nitrogens with two attached hydrogens (primary N) is 1. The van der Waals surface area contributed by atoms with Crippen LogP contribution in [-0.4, -0.2) is 220 Å². The number of carbonyl (C=O) groups excluding carboxylic acids is 7. The van der Waals surface area contributed by atoms with Gasteiger partial charge in [0.1, 0.15) is 18.4 Å². The van der Waals surface area contributed by atoms with E-state index in [4.69, 9.17) is 53.5 Å². The summed E-state index contributed by atoms with van der Waals surface area (Å²) in [7, 11) is 1.62. The number of anilines is 1. The Kier molecular flexibility index (Phi) is 37.9. The van der Waals surface area contributed by atoms with E-state index in [1.165, 1.54) is 6.07 Å². The molecule has 9 N–H and O–H groups in total. The highest BCUT2D eigenvalue weighted by molar-refractivity contribution is 6.12. The van der Waals surface area contributed by atoms with Crippen molar-refractivity contribution < 1.29 is 91.2 Å². The molecule has 1 heterocycles. The summed E-state index contributed by atoms with van der Waals surface area (Å²) in [5, 5.41) is 32.6. The molecule has 0 aromatic heterocycles. The monoisotopic (exact) mass is 1100 g/mol. The van der Waals surface area contributed by atoms with Gasteiger partial charge in [0.15, 0.2) is 0 Å². The molecule has 0 saturated carbocycles. The van der Waals surface area contributed by atoms with E-state index in [2.05, 4.69) is 26.6 Å². The average Bonchev–Trinajstić information content (AvgIpc) is 3.72. The smallest absolute Gasteiger partial charge is 0.306 e. The first-order chi connectivity index (χ1) is 37.2. The second kappa shape index (κ2) is 43.3. The predicted octanol–water partition coefficient (Wildman–Crippen LogP) is -0.420. The summed E-state index contributed by atoms with van der Waals surface area (Å²) >= 11 is 0. The maximum absolute atomic E-state index is 13.2. The summed E-state index contributed by atoms with van der Waals surface area (Å²) in [5.41, 5.74) is 6.96. The Hall–Kier alpha value is -5.68. The van der Waals surface area contributed by atoms with Gasteiger partial charge in [-0.25, -0.2) is 0 Å². The summed E-state index contributed by atoms with van der Waals surface area (Å²) in [6, 6.07) is 3.10. The summed E-state index contributed by atoms with van der Waals surface area (Å²) in [6.45, 7) is 8.13. The molecule has 3 atom stereocenters. The van der Waals surface area contributed by atoms with Crippen LogP contribution >= 0.6 is 0 Å². The van der Waals surface area contributed by atoms with E-state index in [9.17, 15) is 43.5 Å². The third-order valence-corrected chi connectivity index (χ3v) is 11.1. The van der Waals surface area contributed by atoms with Gasteiger partial charge >= 0.3 is 5.97 Å². The van der Waals surface area contributed by atoms with Crippen LogP contribution in [-0.2, 0) is 87.4 Å². The summed E-state index contributed by atoms with van der Waals surface area (Å²) in [5.74, 6) is -5.17. The van der Waals surface area contributed by atoms with Crippen LogP contribution in [0.25, 0.3) is 0 Å². The lowest BCUT2D eigenvalue weighted by Crippen LogP contribution is -2.49.